The van der Waals surface area contributed by atoms with E-state index in [1.54, 1.807) is 7.11 Å². The molecule has 0 amide bonds. The van der Waals surface area contributed by atoms with Crippen molar-refractivity contribution in [1.82, 2.24) is 0 Å². The molecule has 1 unspecified atom stereocenters. The fraction of sp³-hybridized carbons (Fsp3) is 1.00. The monoisotopic (exact) mass is 204 g/mol. The second-order valence-corrected chi connectivity index (χ2v) is 4.23. The van der Waals surface area contributed by atoms with Crippen LogP contribution < -0.4 is 0 Å². The van der Waals surface area contributed by atoms with Crippen molar-refractivity contribution in [3.63, 3.8) is 0 Å². The van der Waals surface area contributed by atoms with Gasteiger partial charge in [-0.15, -0.1) is 0 Å². The Hall–Kier alpha value is -0.160. The van der Waals surface area contributed by atoms with Crippen molar-refractivity contribution >= 4 is 0 Å². The molecule has 0 aromatic heterocycles. The van der Waals surface area contributed by atoms with Crippen molar-refractivity contribution in [3.05, 3.63) is 0 Å². The van der Waals surface area contributed by atoms with Crippen molar-refractivity contribution in [3.8, 4) is 0 Å². The van der Waals surface area contributed by atoms with Gasteiger partial charge in [0.1, 0.15) is 19.2 Å². The largest absolute Gasteiger partial charge is 0.391 e. The highest BCUT2D eigenvalue weighted by molar-refractivity contribution is 4.60. The molecule has 0 saturated carbocycles. The summed E-state index contributed by atoms with van der Waals surface area (Å²) in [5.41, 5.74) is 0. The molecule has 0 bridgehead atoms. The van der Waals surface area contributed by atoms with Crippen molar-refractivity contribution < 1.29 is 19.4 Å². The Morgan fingerprint density at radius 3 is 2.50 bits per heavy atom. The van der Waals surface area contributed by atoms with Crippen LogP contribution in [-0.4, -0.2) is 67.3 Å². The molecule has 1 aliphatic heterocycles. The number of aliphatic hydroxyl groups excluding tert-OH is 2. The van der Waals surface area contributed by atoms with Gasteiger partial charge in [-0.1, -0.05) is 0 Å². The summed E-state index contributed by atoms with van der Waals surface area (Å²) in [5.74, 6) is 0. The normalized spacial score (nSPS) is 22.5. The maximum atomic E-state index is 9.68. The Morgan fingerprint density at radius 1 is 1.36 bits per heavy atom. The van der Waals surface area contributed by atoms with E-state index >= 15 is 0 Å². The van der Waals surface area contributed by atoms with Gasteiger partial charge in [0.2, 0.25) is 0 Å². The van der Waals surface area contributed by atoms with Gasteiger partial charge in [-0.25, -0.2) is 0 Å². The number of hydrogen-bond donors (Lipinski definition) is 2. The first kappa shape index (κ1) is 11.9. The summed E-state index contributed by atoms with van der Waals surface area (Å²) in [6.45, 7) is 4.25. The Balaban J connectivity index is 2.42. The molecule has 1 aliphatic rings. The number of aliphatic hydroxyl groups is 2. The van der Waals surface area contributed by atoms with Gasteiger partial charge in [0.05, 0.1) is 26.3 Å². The third-order valence-electron chi connectivity index (χ3n) is 3.05. The molecule has 0 radical (unpaired) electrons. The summed E-state index contributed by atoms with van der Waals surface area (Å²) >= 11 is 0. The average molecular weight is 204 g/mol. The van der Waals surface area contributed by atoms with Crippen LogP contribution in [0.15, 0.2) is 0 Å². The molecule has 2 N–H and O–H groups in total. The predicted molar refractivity (Wildman–Crippen MR) is 53.9 cm³/mol. The number of rotatable bonds is 6. The van der Waals surface area contributed by atoms with E-state index in [4.69, 9.17) is 9.84 Å². The smallest absolute Gasteiger partial charge is 0.126 e. The molecule has 4 nitrogen and oxygen atoms in total. The Bertz CT molecular complexity index is 157. The zero-order chi connectivity index (χ0) is 10.4. The van der Waals surface area contributed by atoms with E-state index in [0.717, 1.165) is 24.1 Å². The minimum atomic E-state index is -0.398. The van der Waals surface area contributed by atoms with Crippen LogP contribution in [0, 0.1) is 0 Å². The van der Waals surface area contributed by atoms with E-state index in [2.05, 4.69) is 0 Å². The molecular formula is C10H22NO3+. The van der Waals surface area contributed by atoms with Crippen LogP contribution in [0.1, 0.15) is 12.8 Å². The van der Waals surface area contributed by atoms with Crippen molar-refractivity contribution in [1.29, 1.82) is 0 Å². The van der Waals surface area contributed by atoms with E-state index in [-0.39, 0.29) is 6.61 Å². The highest BCUT2D eigenvalue weighted by Gasteiger charge is 2.33. The predicted octanol–water partition coefficient (Wildman–Crippen LogP) is -0.403. The molecule has 1 fully saturated rings. The summed E-state index contributed by atoms with van der Waals surface area (Å²) < 4.78 is 5.78. The number of likely N-dealkylation sites (tertiary alicyclic amines) is 1. The van der Waals surface area contributed by atoms with Crippen molar-refractivity contribution in [2.24, 2.45) is 0 Å². The minimum Gasteiger partial charge on any atom is -0.391 e. The first-order chi connectivity index (χ1) is 6.72. The number of methoxy groups -OCH3 is 1. The molecule has 0 aromatic rings. The van der Waals surface area contributed by atoms with Gasteiger partial charge in [-0.2, -0.15) is 0 Å². The van der Waals surface area contributed by atoms with E-state index in [1.807, 2.05) is 0 Å². The molecule has 4 heteroatoms. The van der Waals surface area contributed by atoms with Gasteiger partial charge in [0.15, 0.2) is 0 Å². The topological polar surface area (TPSA) is 49.7 Å². The average Bonchev–Trinajstić information content (AvgIpc) is 2.54. The summed E-state index contributed by atoms with van der Waals surface area (Å²) in [6.07, 6.45) is 2.02. The van der Waals surface area contributed by atoms with Gasteiger partial charge < -0.3 is 19.4 Å². The van der Waals surface area contributed by atoms with Crippen LogP contribution in [0.25, 0.3) is 0 Å². The minimum absolute atomic E-state index is 0.208. The third kappa shape index (κ3) is 3.20. The quantitative estimate of drug-likeness (QED) is 0.579. The maximum Gasteiger partial charge on any atom is 0.126 e. The summed E-state index contributed by atoms with van der Waals surface area (Å²) in [7, 11) is 1.60. The summed E-state index contributed by atoms with van der Waals surface area (Å²) in [6, 6.07) is 0. The van der Waals surface area contributed by atoms with Crippen molar-refractivity contribution in [2.75, 3.05) is 46.5 Å². The van der Waals surface area contributed by atoms with E-state index in [9.17, 15) is 5.11 Å². The van der Waals surface area contributed by atoms with E-state index in [0.29, 0.717) is 13.2 Å². The van der Waals surface area contributed by atoms with Crippen LogP contribution in [0.5, 0.6) is 0 Å². The molecule has 84 valence electrons. The van der Waals surface area contributed by atoms with Crippen molar-refractivity contribution in [2.45, 2.75) is 18.9 Å². The lowest BCUT2D eigenvalue weighted by atomic mass is 10.3. The Labute approximate surface area is 85.7 Å². The molecule has 1 saturated heterocycles. The van der Waals surface area contributed by atoms with Crippen LogP contribution in [0.3, 0.4) is 0 Å². The van der Waals surface area contributed by atoms with Gasteiger partial charge >= 0.3 is 0 Å². The SMILES string of the molecule is COCC(O)C[N+]1(CCO)CCCC1. The molecule has 1 heterocycles. The Morgan fingerprint density at radius 2 is 2.00 bits per heavy atom. The van der Waals surface area contributed by atoms with Crippen LogP contribution in [0.4, 0.5) is 0 Å². The maximum absolute atomic E-state index is 9.68. The number of nitrogens with zero attached hydrogens (tertiary/aromatic N) is 1. The highest BCUT2D eigenvalue weighted by atomic mass is 16.5. The molecule has 0 spiro atoms. The lowest BCUT2D eigenvalue weighted by Crippen LogP contribution is -2.52. The fourth-order valence-corrected chi connectivity index (χ4v) is 2.41. The second kappa shape index (κ2) is 5.66. The van der Waals surface area contributed by atoms with E-state index < -0.39 is 6.10 Å². The molecule has 0 aliphatic carbocycles. The fourth-order valence-electron chi connectivity index (χ4n) is 2.41. The lowest BCUT2D eigenvalue weighted by Gasteiger charge is -2.35. The summed E-state index contributed by atoms with van der Waals surface area (Å²) in [5, 5.41) is 18.7. The van der Waals surface area contributed by atoms with E-state index in [1.165, 1.54) is 12.8 Å². The summed E-state index contributed by atoms with van der Waals surface area (Å²) in [4.78, 5) is 0. The molecule has 1 rings (SSSR count). The number of hydrogen-bond acceptors (Lipinski definition) is 3. The molecule has 14 heavy (non-hydrogen) atoms. The standard InChI is InChI=1S/C10H22NO3/c1-14-9-10(13)8-11(6-7-12)4-2-3-5-11/h10,12-13H,2-9H2,1H3/q+1. The van der Waals surface area contributed by atoms with Gasteiger partial charge in [-0.3, -0.25) is 0 Å². The number of quaternary nitrogens is 1. The first-order valence-corrected chi connectivity index (χ1v) is 5.35. The van der Waals surface area contributed by atoms with Gasteiger partial charge in [0, 0.05) is 20.0 Å². The molecular weight excluding hydrogens is 182 g/mol. The van der Waals surface area contributed by atoms with Crippen LogP contribution in [-0.2, 0) is 4.74 Å². The van der Waals surface area contributed by atoms with Gasteiger partial charge in [-0.05, 0) is 0 Å². The Kier molecular flexibility index (Phi) is 4.81. The molecule has 0 aromatic carbocycles. The van der Waals surface area contributed by atoms with Crippen LogP contribution >= 0.6 is 0 Å². The first-order valence-electron chi connectivity index (χ1n) is 5.35. The lowest BCUT2D eigenvalue weighted by molar-refractivity contribution is -0.919. The third-order valence-corrected chi connectivity index (χ3v) is 3.05. The van der Waals surface area contributed by atoms with Gasteiger partial charge in [0.25, 0.3) is 0 Å². The highest BCUT2D eigenvalue weighted by Crippen LogP contribution is 2.19. The molecule has 1 atom stereocenters. The van der Waals surface area contributed by atoms with Crippen LogP contribution in [0.2, 0.25) is 0 Å². The second-order valence-electron chi connectivity index (χ2n) is 4.23. The zero-order valence-corrected chi connectivity index (χ0v) is 8.98. The zero-order valence-electron chi connectivity index (χ0n) is 8.98. The number of ether oxygens (including phenoxy) is 1.